The molecular formula is C18H21N3O4S. The second kappa shape index (κ2) is 8.11. The summed E-state index contributed by atoms with van der Waals surface area (Å²) < 4.78 is 22.4. The minimum Gasteiger partial charge on any atom is -0.347 e. The molecule has 0 unspecified atom stereocenters. The van der Waals surface area contributed by atoms with Gasteiger partial charge in [0.25, 0.3) is 0 Å². The Morgan fingerprint density at radius 2 is 1.54 bits per heavy atom. The van der Waals surface area contributed by atoms with Crippen LogP contribution in [0.5, 0.6) is 0 Å². The van der Waals surface area contributed by atoms with Crippen LogP contribution in [-0.2, 0) is 26.0 Å². The van der Waals surface area contributed by atoms with Gasteiger partial charge in [0.15, 0.2) is 0 Å². The van der Waals surface area contributed by atoms with E-state index in [-0.39, 0.29) is 11.4 Å². The van der Waals surface area contributed by atoms with E-state index in [1.54, 1.807) is 24.3 Å². The Morgan fingerprint density at radius 1 is 0.962 bits per heavy atom. The van der Waals surface area contributed by atoms with Gasteiger partial charge in [0, 0.05) is 12.2 Å². The number of nitrogens with two attached hydrogens (primary N) is 1. The van der Waals surface area contributed by atoms with E-state index in [4.69, 9.17) is 5.14 Å². The average Bonchev–Trinajstić information content (AvgIpc) is 2.53. The van der Waals surface area contributed by atoms with Gasteiger partial charge in [-0.2, -0.15) is 0 Å². The highest BCUT2D eigenvalue weighted by Gasteiger charge is 2.13. The first kappa shape index (κ1) is 19.6. The summed E-state index contributed by atoms with van der Waals surface area (Å²) in [7, 11) is -3.72. The Hall–Kier alpha value is -2.71. The van der Waals surface area contributed by atoms with Crippen LogP contribution >= 0.6 is 0 Å². The molecule has 0 aliphatic heterocycles. The number of carbonyl (C=O) groups is 2. The molecule has 138 valence electrons. The number of nitrogens with one attached hydrogen (secondary N) is 2. The van der Waals surface area contributed by atoms with E-state index in [1.807, 2.05) is 19.9 Å². The van der Waals surface area contributed by atoms with E-state index in [2.05, 4.69) is 10.6 Å². The van der Waals surface area contributed by atoms with Crippen molar-refractivity contribution in [2.75, 3.05) is 11.9 Å². The van der Waals surface area contributed by atoms with Crippen molar-refractivity contribution in [3.05, 3.63) is 59.2 Å². The largest absolute Gasteiger partial charge is 0.347 e. The third-order valence-electron chi connectivity index (χ3n) is 3.64. The van der Waals surface area contributed by atoms with Gasteiger partial charge in [-0.1, -0.05) is 18.2 Å². The average molecular weight is 375 g/mol. The fraction of sp³-hybridized carbons (Fsp3) is 0.222. The second-order valence-corrected chi connectivity index (χ2v) is 7.59. The van der Waals surface area contributed by atoms with Crippen LogP contribution in [0.3, 0.4) is 0 Å². The molecule has 4 N–H and O–H groups in total. The summed E-state index contributed by atoms with van der Waals surface area (Å²) in [5, 5.41) is 10.1. The van der Waals surface area contributed by atoms with Gasteiger partial charge < -0.3 is 10.6 Å². The highest BCUT2D eigenvalue weighted by molar-refractivity contribution is 7.89. The maximum atomic E-state index is 11.9. The van der Waals surface area contributed by atoms with Crippen molar-refractivity contribution in [1.82, 2.24) is 5.32 Å². The summed E-state index contributed by atoms with van der Waals surface area (Å²) in [6, 6.07) is 11.6. The van der Waals surface area contributed by atoms with E-state index in [0.717, 1.165) is 16.7 Å². The molecule has 0 heterocycles. The lowest BCUT2D eigenvalue weighted by Gasteiger charge is -2.08. The summed E-state index contributed by atoms with van der Waals surface area (Å²) in [4.78, 5) is 23.8. The number of hydrogen-bond acceptors (Lipinski definition) is 4. The first-order valence-corrected chi connectivity index (χ1v) is 9.49. The summed E-state index contributed by atoms with van der Waals surface area (Å²) in [5.74, 6) is -1.47. The topological polar surface area (TPSA) is 118 Å². The Balaban J connectivity index is 1.85. The van der Waals surface area contributed by atoms with Crippen LogP contribution in [-0.4, -0.2) is 26.8 Å². The van der Waals surface area contributed by atoms with Crippen molar-refractivity contribution in [1.29, 1.82) is 0 Å². The molecule has 0 saturated heterocycles. The van der Waals surface area contributed by atoms with E-state index in [9.17, 15) is 18.0 Å². The molecule has 2 aromatic carbocycles. The number of benzene rings is 2. The molecule has 0 radical (unpaired) electrons. The standard InChI is InChI=1S/C18H21N3O4S/c1-12-9-13(2)11-15(10-12)21-18(23)17(22)20-8-7-14-3-5-16(6-4-14)26(19,24)25/h3-6,9-11H,7-8H2,1-2H3,(H,20,22)(H,21,23)(H2,19,24,25). The quantitative estimate of drug-likeness (QED) is 0.682. The van der Waals surface area contributed by atoms with Crippen molar-refractivity contribution >= 4 is 27.5 Å². The van der Waals surface area contributed by atoms with Crippen LogP contribution in [0.2, 0.25) is 0 Å². The molecule has 0 fully saturated rings. The number of anilines is 1. The molecule has 0 bridgehead atoms. The van der Waals surface area contributed by atoms with Gasteiger partial charge in [-0.3, -0.25) is 9.59 Å². The van der Waals surface area contributed by atoms with Gasteiger partial charge >= 0.3 is 11.8 Å². The van der Waals surface area contributed by atoms with Gasteiger partial charge in [-0.25, -0.2) is 13.6 Å². The zero-order valence-electron chi connectivity index (χ0n) is 14.6. The number of rotatable bonds is 5. The fourth-order valence-corrected chi connectivity index (χ4v) is 3.00. The summed E-state index contributed by atoms with van der Waals surface area (Å²) in [6.45, 7) is 4.06. The van der Waals surface area contributed by atoms with E-state index < -0.39 is 21.8 Å². The maximum Gasteiger partial charge on any atom is 0.313 e. The molecule has 7 nitrogen and oxygen atoms in total. The SMILES string of the molecule is Cc1cc(C)cc(NC(=O)C(=O)NCCc2ccc(S(N)(=O)=O)cc2)c1. The van der Waals surface area contributed by atoms with Crippen molar-refractivity contribution in [2.45, 2.75) is 25.2 Å². The normalized spacial score (nSPS) is 11.0. The molecule has 26 heavy (non-hydrogen) atoms. The van der Waals surface area contributed by atoms with Crippen LogP contribution in [0.4, 0.5) is 5.69 Å². The van der Waals surface area contributed by atoms with Crippen molar-refractivity contribution in [3.8, 4) is 0 Å². The van der Waals surface area contributed by atoms with Gasteiger partial charge in [0.2, 0.25) is 10.0 Å². The zero-order valence-corrected chi connectivity index (χ0v) is 15.4. The lowest BCUT2D eigenvalue weighted by atomic mass is 10.1. The molecule has 2 aromatic rings. The lowest BCUT2D eigenvalue weighted by Crippen LogP contribution is -2.36. The van der Waals surface area contributed by atoms with Crippen LogP contribution in [0, 0.1) is 13.8 Å². The smallest absolute Gasteiger partial charge is 0.313 e. The maximum absolute atomic E-state index is 11.9. The van der Waals surface area contributed by atoms with E-state index >= 15 is 0 Å². The van der Waals surface area contributed by atoms with Crippen molar-refractivity contribution < 1.29 is 18.0 Å². The van der Waals surface area contributed by atoms with Crippen LogP contribution in [0.25, 0.3) is 0 Å². The van der Waals surface area contributed by atoms with Gasteiger partial charge in [0.1, 0.15) is 0 Å². The van der Waals surface area contributed by atoms with Crippen LogP contribution in [0.1, 0.15) is 16.7 Å². The first-order valence-electron chi connectivity index (χ1n) is 7.94. The monoisotopic (exact) mass is 375 g/mol. The summed E-state index contributed by atoms with van der Waals surface area (Å²) in [5.41, 5.74) is 3.36. The minimum absolute atomic E-state index is 0.0260. The number of carbonyl (C=O) groups excluding carboxylic acids is 2. The van der Waals surface area contributed by atoms with E-state index in [1.165, 1.54) is 12.1 Å². The first-order chi connectivity index (χ1) is 12.1. The molecule has 2 amide bonds. The molecule has 0 aliphatic carbocycles. The molecule has 8 heteroatoms. The Kier molecular flexibility index (Phi) is 6.12. The molecule has 0 aromatic heterocycles. The molecular weight excluding hydrogens is 354 g/mol. The third kappa shape index (κ3) is 5.68. The molecule has 0 atom stereocenters. The number of aryl methyl sites for hydroxylation is 2. The Labute approximate surface area is 152 Å². The summed E-state index contributed by atoms with van der Waals surface area (Å²) >= 11 is 0. The molecule has 0 spiro atoms. The predicted molar refractivity (Wildman–Crippen MR) is 99.1 cm³/mol. The second-order valence-electron chi connectivity index (χ2n) is 6.03. The van der Waals surface area contributed by atoms with Crippen molar-refractivity contribution in [3.63, 3.8) is 0 Å². The number of hydrogen-bond donors (Lipinski definition) is 3. The van der Waals surface area contributed by atoms with Gasteiger partial charge in [-0.15, -0.1) is 0 Å². The van der Waals surface area contributed by atoms with Gasteiger partial charge in [-0.05, 0) is 61.2 Å². The third-order valence-corrected chi connectivity index (χ3v) is 4.57. The predicted octanol–water partition coefficient (Wildman–Crippen LogP) is 1.25. The number of sulfonamides is 1. The van der Waals surface area contributed by atoms with Crippen LogP contribution < -0.4 is 15.8 Å². The lowest BCUT2D eigenvalue weighted by molar-refractivity contribution is -0.136. The highest BCUT2D eigenvalue weighted by Crippen LogP contribution is 2.13. The summed E-state index contributed by atoms with van der Waals surface area (Å²) in [6.07, 6.45) is 0.452. The minimum atomic E-state index is -3.72. The molecule has 2 rings (SSSR count). The van der Waals surface area contributed by atoms with Gasteiger partial charge in [0.05, 0.1) is 4.90 Å². The van der Waals surface area contributed by atoms with E-state index in [0.29, 0.717) is 12.1 Å². The fourth-order valence-electron chi connectivity index (χ4n) is 2.48. The molecule has 0 saturated carbocycles. The highest BCUT2D eigenvalue weighted by atomic mass is 32.2. The van der Waals surface area contributed by atoms with Crippen LogP contribution in [0.15, 0.2) is 47.4 Å². The van der Waals surface area contributed by atoms with Crippen molar-refractivity contribution in [2.24, 2.45) is 5.14 Å². The Bertz CT molecular complexity index is 902. The Morgan fingerprint density at radius 3 is 2.08 bits per heavy atom. The zero-order chi connectivity index (χ0) is 19.3. The number of amides is 2. The molecule has 0 aliphatic rings. The number of primary sulfonamides is 1.